The van der Waals surface area contributed by atoms with Crippen molar-refractivity contribution in [3.63, 3.8) is 0 Å². The lowest BCUT2D eigenvalue weighted by Gasteiger charge is -2.17. The van der Waals surface area contributed by atoms with E-state index in [4.69, 9.17) is 10.7 Å². The molecule has 11 nitrogen and oxygen atoms in total. The van der Waals surface area contributed by atoms with E-state index in [1.807, 2.05) is 32.9 Å². The summed E-state index contributed by atoms with van der Waals surface area (Å²) in [4.78, 5) is 29.4. The summed E-state index contributed by atoms with van der Waals surface area (Å²) >= 11 is 0. The molecule has 0 saturated heterocycles. The molecule has 44 heavy (non-hydrogen) atoms. The van der Waals surface area contributed by atoms with Gasteiger partial charge in [-0.25, -0.2) is 17.8 Å². The van der Waals surface area contributed by atoms with E-state index in [1.54, 1.807) is 42.9 Å². The Hall–Kier alpha value is -5.01. The summed E-state index contributed by atoms with van der Waals surface area (Å²) in [5.74, 6) is -0.280. The number of nitrogens with zero attached hydrogens (tertiary/aromatic N) is 4. The molecule has 1 unspecified atom stereocenters. The number of benzene rings is 2. The Kier molecular flexibility index (Phi) is 7.01. The number of sulfone groups is 1. The predicted molar refractivity (Wildman–Crippen MR) is 167 cm³/mol. The smallest absolute Gasteiger partial charge is 0.229 e. The number of para-hydroxylation sites is 1. The van der Waals surface area contributed by atoms with Gasteiger partial charge in [-0.15, -0.1) is 0 Å². The third kappa shape index (κ3) is 5.54. The molecular weight excluding hydrogens is 583 g/mol. The van der Waals surface area contributed by atoms with Gasteiger partial charge in [-0.3, -0.25) is 19.9 Å². The quantitative estimate of drug-likeness (QED) is 0.195. The van der Waals surface area contributed by atoms with Gasteiger partial charge in [-0.05, 0) is 47.5 Å². The molecular formula is C31H29FN8O3S. The number of amides is 1. The first-order valence-corrected chi connectivity index (χ1v) is 15.6. The van der Waals surface area contributed by atoms with Gasteiger partial charge in [-0.1, -0.05) is 32.9 Å². The molecule has 0 aliphatic heterocycles. The van der Waals surface area contributed by atoms with Gasteiger partial charge in [0.25, 0.3) is 0 Å². The molecule has 0 radical (unpaired) electrons. The Morgan fingerprint density at radius 1 is 1.02 bits per heavy atom. The standard InChI is InChI=1S/C31H29FN8O3S/c1-31(2,3)30(41)36-20-11-18(13-34-14-20)24-12-22-25(15-35-24)39-40-27(22)29-37-23-7-5-6-21(26(23)38-29)16-8-17(10-19(32)9-16)28(33)44(4,42)43/h5-15,28H,33H2,1-4H3,(H,36,41)(H,37,38)(H,39,40). The van der Waals surface area contributed by atoms with Crippen molar-refractivity contribution < 1.29 is 17.6 Å². The second kappa shape index (κ2) is 10.6. The Morgan fingerprint density at radius 2 is 1.82 bits per heavy atom. The lowest BCUT2D eigenvalue weighted by Crippen LogP contribution is -2.27. The van der Waals surface area contributed by atoms with Gasteiger partial charge in [-0.2, -0.15) is 5.10 Å². The highest BCUT2D eigenvalue weighted by molar-refractivity contribution is 7.90. The lowest BCUT2D eigenvalue weighted by atomic mass is 9.95. The second-order valence-corrected chi connectivity index (χ2v) is 13.8. The van der Waals surface area contributed by atoms with Crippen LogP contribution in [0.15, 0.2) is 67.1 Å². The minimum absolute atomic E-state index is 0.131. The van der Waals surface area contributed by atoms with Crippen LogP contribution in [0.2, 0.25) is 0 Å². The monoisotopic (exact) mass is 612 g/mol. The molecule has 1 amide bonds. The molecule has 1 atom stereocenters. The molecule has 0 bridgehead atoms. The Labute approximate surface area is 252 Å². The van der Waals surface area contributed by atoms with Crippen LogP contribution >= 0.6 is 0 Å². The molecule has 0 aliphatic carbocycles. The van der Waals surface area contributed by atoms with Crippen LogP contribution in [0.1, 0.15) is 31.7 Å². The van der Waals surface area contributed by atoms with Crippen LogP contribution in [-0.2, 0) is 14.6 Å². The average molecular weight is 613 g/mol. The van der Waals surface area contributed by atoms with Crippen molar-refractivity contribution in [3.8, 4) is 33.9 Å². The number of H-pyrrole nitrogens is 2. The van der Waals surface area contributed by atoms with Crippen molar-refractivity contribution in [1.82, 2.24) is 30.1 Å². The van der Waals surface area contributed by atoms with Gasteiger partial charge < -0.3 is 16.0 Å². The summed E-state index contributed by atoms with van der Waals surface area (Å²) in [5, 5.41) is 9.74. The summed E-state index contributed by atoms with van der Waals surface area (Å²) in [6.45, 7) is 5.50. The molecule has 5 N–H and O–H groups in total. The zero-order valence-corrected chi connectivity index (χ0v) is 25.1. The van der Waals surface area contributed by atoms with Crippen LogP contribution in [0.4, 0.5) is 10.1 Å². The Morgan fingerprint density at radius 3 is 2.57 bits per heavy atom. The third-order valence-corrected chi connectivity index (χ3v) is 8.37. The highest BCUT2D eigenvalue weighted by atomic mass is 32.2. The van der Waals surface area contributed by atoms with Crippen LogP contribution in [0.3, 0.4) is 0 Å². The molecule has 2 aromatic carbocycles. The summed E-state index contributed by atoms with van der Waals surface area (Å²) in [6, 6.07) is 13.1. The van der Waals surface area contributed by atoms with Crippen molar-refractivity contribution in [2.45, 2.75) is 26.1 Å². The molecule has 4 aromatic heterocycles. The molecule has 0 spiro atoms. The molecule has 4 heterocycles. The first-order valence-electron chi connectivity index (χ1n) is 13.6. The predicted octanol–water partition coefficient (Wildman–Crippen LogP) is 5.36. The number of halogens is 1. The zero-order valence-electron chi connectivity index (χ0n) is 24.3. The fourth-order valence-corrected chi connectivity index (χ4v) is 5.41. The summed E-state index contributed by atoms with van der Waals surface area (Å²) in [6.07, 6.45) is 5.92. The molecule has 224 valence electrons. The first kappa shape index (κ1) is 29.1. The Bertz CT molecular complexity index is 2180. The number of hydrogen-bond acceptors (Lipinski definition) is 8. The van der Waals surface area contributed by atoms with E-state index in [1.165, 1.54) is 6.07 Å². The number of nitrogens with two attached hydrogens (primary N) is 1. The minimum Gasteiger partial charge on any atom is -0.337 e. The van der Waals surface area contributed by atoms with Crippen molar-refractivity contribution >= 4 is 43.4 Å². The number of hydrogen-bond donors (Lipinski definition) is 4. The van der Waals surface area contributed by atoms with Gasteiger partial charge in [0.15, 0.2) is 15.7 Å². The highest BCUT2D eigenvalue weighted by Gasteiger charge is 2.23. The van der Waals surface area contributed by atoms with Gasteiger partial charge in [0.2, 0.25) is 5.91 Å². The van der Waals surface area contributed by atoms with Gasteiger partial charge in [0.1, 0.15) is 16.9 Å². The molecule has 0 fully saturated rings. The van der Waals surface area contributed by atoms with Gasteiger partial charge >= 0.3 is 0 Å². The largest absolute Gasteiger partial charge is 0.337 e. The fourth-order valence-electron chi connectivity index (χ4n) is 4.78. The van der Waals surface area contributed by atoms with Crippen molar-refractivity contribution in [3.05, 3.63) is 78.5 Å². The number of aromatic nitrogens is 6. The normalized spacial score (nSPS) is 13.0. The summed E-state index contributed by atoms with van der Waals surface area (Å²) in [5.41, 5.74) is 10.8. The maximum atomic E-state index is 14.7. The van der Waals surface area contributed by atoms with Crippen LogP contribution in [-0.4, -0.2) is 50.7 Å². The van der Waals surface area contributed by atoms with Crippen molar-refractivity contribution in [2.24, 2.45) is 11.1 Å². The third-order valence-electron chi connectivity index (χ3n) is 7.18. The summed E-state index contributed by atoms with van der Waals surface area (Å²) in [7, 11) is -3.65. The Balaban J connectivity index is 1.40. The average Bonchev–Trinajstić information content (AvgIpc) is 3.59. The van der Waals surface area contributed by atoms with Crippen LogP contribution in [0, 0.1) is 11.2 Å². The van der Waals surface area contributed by atoms with Crippen molar-refractivity contribution in [2.75, 3.05) is 11.6 Å². The molecule has 0 aliphatic rings. The van der Waals surface area contributed by atoms with Crippen LogP contribution < -0.4 is 11.1 Å². The lowest BCUT2D eigenvalue weighted by molar-refractivity contribution is -0.123. The number of carbonyl (C=O) groups is 1. The number of nitrogens with one attached hydrogen (secondary N) is 3. The molecule has 6 rings (SSSR count). The number of carbonyl (C=O) groups excluding carboxylic acids is 1. The molecule has 13 heteroatoms. The van der Waals surface area contributed by atoms with E-state index in [2.05, 4.69) is 30.5 Å². The number of rotatable bonds is 6. The van der Waals surface area contributed by atoms with E-state index in [9.17, 15) is 17.6 Å². The minimum atomic E-state index is -3.65. The fraction of sp³-hybridized carbons (Fsp3) is 0.194. The van der Waals surface area contributed by atoms with Crippen LogP contribution in [0.5, 0.6) is 0 Å². The summed E-state index contributed by atoms with van der Waals surface area (Å²) < 4.78 is 38.8. The van der Waals surface area contributed by atoms with Crippen molar-refractivity contribution in [1.29, 1.82) is 0 Å². The van der Waals surface area contributed by atoms with E-state index in [-0.39, 0.29) is 11.5 Å². The van der Waals surface area contributed by atoms with Gasteiger partial charge in [0, 0.05) is 34.4 Å². The number of fused-ring (bicyclic) bond motifs is 2. The zero-order chi connectivity index (χ0) is 31.4. The van der Waals surface area contributed by atoms with E-state index < -0.39 is 26.4 Å². The molecule has 0 saturated carbocycles. The van der Waals surface area contributed by atoms with E-state index >= 15 is 0 Å². The van der Waals surface area contributed by atoms with E-state index in [0.29, 0.717) is 56.1 Å². The highest BCUT2D eigenvalue weighted by Crippen LogP contribution is 2.34. The number of aromatic amines is 2. The number of anilines is 1. The first-order chi connectivity index (χ1) is 20.8. The van der Waals surface area contributed by atoms with Crippen LogP contribution in [0.25, 0.3) is 55.8 Å². The van der Waals surface area contributed by atoms with Gasteiger partial charge in [0.05, 0.1) is 40.3 Å². The number of pyridine rings is 2. The SMILES string of the molecule is CC(C)(C)C(=O)Nc1cncc(-c2cc3c(-c4nc5c(-c6cc(F)cc(C(N)S(C)(=O)=O)c6)cccc5[nH]4)n[nH]c3cn2)c1. The van der Waals surface area contributed by atoms with E-state index in [0.717, 1.165) is 17.7 Å². The maximum Gasteiger partial charge on any atom is 0.229 e. The topological polar surface area (TPSA) is 172 Å². The maximum absolute atomic E-state index is 14.7. The second-order valence-electron chi connectivity index (χ2n) is 11.7. The number of imidazole rings is 1. The molecule has 6 aromatic rings.